The Bertz CT molecular complexity index is 263. The zero-order chi connectivity index (χ0) is 11.6. The van der Waals surface area contributed by atoms with Crippen molar-refractivity contribution in [2.24, 2.45) is 5.92 Å². The molecule has 4 nitrogen and oxygen atoms in total. The SMILES string of the molecule is CC[C@H]1[C@H](CC(=O)O)CC(=O)N1C(C)C. The van der Waals surface area contributed by atoms with Crippen molar-refractivity contribution >= 4 is 11.9 Å². The molecule has 1 rings (SSSR count). The van der Waals surface area contributed by atoms with Gasteiger partial charge in [-0.2, -0.15) is 0 Å². The van der Waals surface area contributed by atoms with Crippen LogP contribution in [0.3, 0.4) is 0 Å². The van der Waals surface area contributed by atoms with Crippen LogP contribution in [-0.4, -0.2) is 34.0 Å². The second-order valence-corrected chi connectivity index (χ2v) is 4.43. The topological polar surface area (TPSA) is 57.6 Å². The molecule has 0 bridgehead atoms. The molecule has 1 saturated heterocycles. The third-order valence-electron chi connectivity index (χ3n) is 3.04. The molecule has 0 aromatic rings. The first-order chi connectivity index (χ1) is 6.97. The summed E-state index contributed by atoms with van der Waals surface area (Å²) < 4.78 is 0. The molecule has 0 saturated carbocycles. The van der Waals surface area contributed by atoms with Gasteiger partial charge in [-0.15, -0.1) is 0 Å². The lowest BCUT2D eigenvalue weighted by atomic mass is 9.94. The molecule has 1 aliphatic heterocycles. The van der Waals surface area contributed by atoms with Crippen LogP contribution < -0.4 is 0 Å². The van der Waals surface area contributed by atoms with Crippen LogP contribution in [0.1, 0.15) is 40.0 Å². The van der Waals surface area contributed by atoms with Crippen LogP contribution in [0.4, 0.5) is 0 Å². The van der Waals surface area contributed by atoms with Gasteiger partial charge in [-0.05, 0) is 26.2 Å². The lowest BCUT2D eigenvalue weighted by Gasteiger charge is -2.30. The third-order valence-corrected chi connectivity index (χ3v) is 3.04. The van der Waals surface area contributed by atoms with Gasteiger partial charge in [-0.25, -0.2) is 0 Å². The Balaban J connectivity index is 2.77. The van der Waals surface area contributed by atoms with Crippen molar-refractivity contribution in [3.63, 3.8) is 0 Å². The van der Waals surface area contributed by atoms with Crippen LogP contribution in [0.2, 0.25) is 0 Å². The lowest BCUT2D eigenvalue weighted by Crippen LogP contribution is -2.40. The summed E-state index contributed by atoms with van der Waals surface area (Å²) in [4.78, 5) is 24.2. The van der Waals surface area contributed by atoms with E-state index >= 15 is 0 Å². The number of amides is 1. The van der Waals surface area contributed by atoms with Crippen LogP contribution >= 0.6 is 0 Å². The maximum atomic E-state index is 11.7. The molecule has 1 heterocycles. The summed E-state index contributed by atoms with van der Waals surface area (Å²) in [5.74, 6) is -0.720. The predicted octanol–water partition coefficient (Wildman–Crippen LogP) is 1.50. The fourth-order valence-electron chi connectivity index (χ4n) is 2.51. The van der Waals surface area contributed by atoms with Gasteiger partial charge in [0.05, 0.1) is 6.42 Å². The molecule has 0 aromatic carbocycles. The van der Waals surface area contributed by atoms with E-state index in [9.17, 15) is 9.59 Å². The van der Waals surface area contributed by atoms with Gasteiger partial charge in [-0.1, -0.05) is 6.92 Å². The van der Waals surface area contributed by atoms with Gasteiger partial charge in [0.1, 0.15) is 0 Å². The maximum absolute atomic E-state index is 11.7. The Morgan fingerprint density at radius 2 is 2.20 bits per heavy atom. The summed E-state index contributed by atoms with van der Waals surface area (Å²) >= 11 is 0. The molecular weight excluding hydrogens is 194 g/mol. The molecule has 0 aliphatic carbocycles. The maximum Gasteiger partial charge on any atom is 0.303 e. The highest BCUT2D eigenvalue weighted by atomic mass is 16.4. The number of nitrogens with zero attached hydrogens (tertiary/aromatic N) is 1. The van der Waals surface area contributed by atoms with Gasteiger partial charge in [0, 0.05) is 18.5 Å². The van der Waals surface area contributed by atoms with Crippen LogP contribution in [0.25, 0.3) is 0 Å². The van der Waals surface area contributed by atoms with Gasteiger partial charge < -0.3 is 10.0 Å². The van der Waals surface area contributed by atoms with E-state index in [-0.39, 0.29) is 30.3 Å². The Hall–Kier alpha value is -1.06. The first-order valence-electron chi connectivity index (χ1n) is 5.50. The second kappa shape index (κ2) is 4.64. The first kappa shape index (κ1) is 12.0. The summed E-state index contributed by atoms with van der Waals surface area (Å²) in [5, 5.41) is 8.77. The van der Waals surface area contributed by atoms with E-state index in [1.54, 1.807) is 0 Å². The number of carboxylic acids is 1. The Kier molecular flexibility index (Phi) is 3.72. The molecular formula is C11H19NO3. The van der Waals surface area contributed by atoms with Gasteiger partial charge in [0.25, 0.3) is 0 Å². The van der Waals surface area contributed by atoms with Crippen LogP contribution in [0.15, 0.2) is 0 Å². The van der Waals surface area contributed by atoms with Gasteiger partial charge in [0.2, 0.25) is 5.91 Å². The first-order valence-corrected chi connectivity index (χ1v) is 5.50. The summed E-state index contributed by atoms with van der Waals surface area (Å²) in [6.07, 6.45) is 1.33. The summed E-state index contributed by atoms with van der Waals surface area (Å²) in [7, 11) is 0. The zero-order valence-electron chi connectivity index (χ0n) is 9.56. The quantitative estimate of drug-likeness (QED) is 0.769. The van der Waals surface area contributed by atoms with Crippen molar-refractivity contribution in [2.75, 3.05) is 0 Å². The van der Waals surface area contributed by atoms with Crippen molar-refractivity contribution < 1.29 is 14.7 Å². The molecule has 2 atom stereocenters. The molecule has 1 aliphatic rings. The highest BCUT2D eigenvalue weighted by Crippen LogP contribution is 2.31. The Labute approximate surface area is 90.3 Å². The summed E-state index contributed by atoms with van der Waals surface area (Å²) in [6.45, 7) is 5.96. The molecule has 15 heavy (non-hydrogen) atoms. The molecule has 86 valence electrons. The average molecular weight is 213 g/mol. The van der Waals surface area contributed by atoms with Gasteiger partial charge in [0.15, 0.2) is 0 Å². The van der Waals surface area contributed by atoms with Crippen molar-refractivity contribution in [2.45, 2.75) is 52.1 Å². The van der Waals surface area contributed by atoms with Crippen LogP contribution in [0.5, 0.6) is 0 Å². The minimum Gasteiger partial charge on any atom is -0.481 e. The number of hydrogen-bond acceptors (Lipinski definition) is 2. The Morgan fingerprint density at radius 3 is 2.60 bits per heavy atom. The minimum absolute atomic E-state index is 0.0117. The van der Waals surface area contributed by atoms with E-state index in [0.29, 0.717) is 6.42 Å². The number of carboxylic acid groups (broad SMARTS) is 1. The van der Waals surface area contributed by atoms with E-state index in [2.05, 4.69) is 0 Å². The monoisotopic (exact) mass is 213 g/mol. The van der Waals surface area contributed by atoms with E-state index in [4.69, 9.17) is 5.11 Å². The number of likely N-dealkylation sites (tertiary alicyclic amines) is 1. The predicted molar refractivity (Wildman–Crippen MR) is 56.4 cm³/mol. The molecule has 0 radical (unpaired) electrons. The summed E-state index contributed by atoms with van der Waals surface area (Å²) in [5.41, 5.74) is 0. The zero-order valence-corrected chi connectivity index (χ0v) is 9.56. The molecule has 1 amide bonds. The normalized spacial score (nSPS) is 26.4. The van der Waals surface area contributed by atoms with Crippen molar-refractivity contribution in [1.82, 2.24) is 4.90 Å². The van der Waals surface area contributed by atoms with Crippen molar-refractivity contribution in [3.8, 4) is 0 Å². The van der Waals surface area contributed by atoms with Crippen molar-refractivity contribution in [1.29, 1.82) is 0 Å². The number of aliphatic carboxylic acids is 1. The second-order valence-electron chi connectivity index (χ2n) is 4.43. The largest absolute Gasteiger partial charge is 0.481 e. The molecule has 1 N–H and O–H groups in total. The highest BCUT2D eigenvalue weighted by molar-refractivity contribution is 5.81. The highest BCUT2D eigenvalue weighted by Gasteiger charge is 2.40. The average Bonchev–Trinajstić information content (AvgIpc) is 2.40. The van der Waals surface area contributed by atoms with E-state index < -0.39 is 5.97 Å². The molecule has 0 spiro atoms. The minimum atomic E-state index is -0.808. The summed E-state index contributed by atoms with van der Waals surface area (Å²) in [6, 6.07) is 0.273. The van der Waals surface area contributed by atoms with Gasteiger partial charge >= 0.3 is 5.97 Å². The third kappa shape index (κ3) is 2.49. The number of carbonyl (C=O) groups is 2. The number of rotatable bonds is 4. The van der Waals surface area contributed by atoms with E-state index in [0.717, 1.165) is 6.42 Å². The van der Waals surface area contributed by atoms with E-state index in [1.807, 2.05) is 25.7 Å². The smallest absolute Gasteiger partial charge is 0.303 e. The van der Waals surface area contributed by atoms with Crippen LogP contribution in [-0.2, 0) is 9.59 Å². The lowest BCUT2D eigenvalue weighted by molar-refractivity contribution is -0.138. The van der Waals surface area contributed by atoms with Gasteiger partial charge in [-0.3, -0.25) is 9.59 Å². The molecule has 0 aromatic heterocycles. The molecule has 0 unspecified atom stereocenters. The molecule has 1 fully saturated rings. The molecule has 4 heteroatoms. The number of carbonyl (C=O) groups excluding carboxylic acids is 1. The fourth-order valence-corrected chi connectivity index (χ4v) is 2.51. The standard InChI is InChI=1S/C11H19NO3/c1-4-9-8(6-11(14)15)5-10(13)12(9)7(2)3/h7-9H,4-6H2,1-3H3,(H,14,15)/t8-,9-/m0/s1. The number of hydrogen-bond donors (Lipinski definition) is 1. The Morgan fingerprint density at radius 1 is 1.60 bits per heavy atom. The fraction of sp³-hybridized carbons (Fsp3) is 0.818. The van der Waals surface area contributed by atoms with Crippen LogP contribution in [0, 0.1) is 5.92 Å². The van der Waals surface area contributed by atoms with Crippen molar-refractivity contribution in [3.05, 3.63) is 0 Å². The van der Waals surface area contributed by atoms with E-state index in [1.165, 1.54) is 0 Å².